The number of fused-ring (bicyclic) bond motifs is 1. The van der Waals surface area contributed by atoms with E-state index in [1.807, 2.05) is 13.0 Å². The van der Waals surface area contributed by atoms with Gasteiger partial charge in [-0.3, -0.25) is 0 Å². The molecule has 1 aliphatic rings. The van der Waals surface area contributed by atoms with E-state index in [1.165, 1.54) is 5.56 Å². The number of ether oxygens (including phenoxy) is 1. The minimum absolute atomic E-state index is 0.0732. The van der Waals surface area contributed by atoms with Crippen molar-refractivity contribution in [1.29, 1.82) is 0 Å². The molecule has 112 valence electrons. The van der Waals surface area contributed by atoms with Gasteiger partial charge in [-0.1, -0.05) is 22.9 Å². The van der Waals surface area contributed by atoms with Gasteiger partial charge < -0.3 is 10.1 Å². The van der Waals surface area contributed by atoms with Gasteiger partial charge in [0.15, 0.2) is 9.84 Å². The number of nitrogens with one attached hydrogen (secondary N) is 1. The highest BCUT2D eigenvalue weighted by Crippen LogP contribution is 2.32. The van der Waals surface area contributed by atoms with E-state index in [0.29, 0.717) is 6.54 Å². The predicted octanol–water partition coefficient (Wildman–Crippen LogP) is 2.30. The topological polar surface area (TPSA) is 55.4 Å². The summed E-state index contributed by atoms with van der Waals surface area (Å²) < 4.78 is 29.9. The molecule has 1 unspecified atom stereocenters. The normalized spacial score (nSPS) is 15.8. The Hall–Kier alpha value is -0.590. The molecule has 1 heterocycles. The van der Waals surface area contributed by atoms with Crippen LogP contribution in [0.4, 0.5) is 0 Å². The molecule has 1 N–H and O–H groups in total. The fourth-order valence-electron chi connectivity index (χ4n) is 2.32. The van der Waals surface area contributed by atoms with Crippen molar-refractivity contribution in [3.05, 3.63) is 27.7 Å². The van der Waals surface area contributed by atoms with E-state index in [0.717, 1.165) is 28.8 Å². The molecular formula is C14H20BrNO3S. The van der Waals surface area contributed by atoms with E-state index in [4.69, 9.17) is 4.74 Å². The van der Waals surface area contributed by atoms with E-state index < -0.39 is 9.84 Å². The lowest BCUT2D eigenvalue weighted by Gasteiger charge is -2.15. The van der Waals surface area contributed by atoms with Gasteiger partial charge in [0.1, 0.15) is 5.75 Å². The Bertz CT molecular complexity index is 586. The predicted molar refractivity (Wildman–Crippen MR) is 84.0 cm³/mol. The third-order valence-electron chi connectivity index (χ3n) is 3.41. The summed E-state index contributed by atoms with van der Waals surface area (Å²) in [7, 11) is -2.95. The maximum absolute atomic E-state index is 11.6. The summed E-state index contributed by atoms with van der Waals surface area (Å²) in [4.78, 5) is 0. The highest BCUT2D eigenvalue weighted by Gasteiger charge is 2.19. The summed E-state index contributed by atoms with van der Waals surface area (Å²) in [5, 5.41) is 3.27. The molecule has 1 aromatic carbocycles. The number of halogens is 1. The van der Waals surface area contributed by atoms with Gasteiger partial charge in [-0.15, -0.1) is 0 Å². The first-order valence-corrected chi connectivity index (χ1v) is 9.40. The van der Waals surface area contributed by atoms with Crippen molar-refractivity contribution in [2.24, 2.45) is 0 Å². The molecule has 0 aliphatic carbocycles. The molecule has 0 aromatic heterocycles. The number of benzene rings is 1. The second-order valence-corrected chi connectivity index (χ2v) is 8.45. The zero-order valence-corrected chi connectivity index (χ0v) is 14.2. The number of rotatable bonds is 6. The highest BCUT2D eigenvalue weighted by molar-refractivity contribution is 9.10. The van der Waals surface area contributed by atoms with Crippen LogP contribution >= 0.6 is 15.9 Å². The number of hydrogen-bond acceptors (Lipinski definition) is 4. The lowest BCUT2D eigenvalue weighted by Crippen LogP contribution is -2.33. The van der Waals surface area contributed by atoms with Crippen molar-refractivity contribution < 1.29 is 13.2 Å². The van der Waals surface area contributed by atoms with Crippen molar-refractivity contribution in [2.75, 3.05) is 18.1 Å². The Morgan fingerprint density at radius 2 is 2.20 bits per heavy atom. The Labute approximate surface area is 129 Å². The van der Waals surface area contributed by atoms with Crippen molar-refractivity contribution in [1.82, 2.24) is 5.32 Å². The van der Waals surface area contributed by atoms with E-state index in [1.54, 1.807) is 6.92 Å². The van der Waals surface area contributed by atoms with Crippen molar-refractivity contribution in [3.8, 4) is 5.75 Å². The van der Waals surface area contributed by atoms with E-state index >= 15 is 0 Å². The zero-order chi connectivity index (χ0) is 14.8. The SMILES string of the molecule is CCS(=O)(=O)CC(C)NCc1cc(Br)cc2c1OCC2. The summed E-state index contributed by atoms with van der Waals surface area (Å²) in [5.74, 6) is 1.31. The molecule has 6 heteroatoms. The second-order valence-electron chi connectivity index (χ2n) is 5.13. The molecule has 2 rings (SSSR count). The van der Waals surface area contributed by atoms with Gasteiger partial charge >= 0.3 is 0 Å². The molecule has 1 atom stereocenters. The second kappa shape index (κ2) is 6.45. The van der Waals surface area contributed by atoms with Crippen LogP contribution in [0.1, 0.15) is 25.0 Å². The molecule has 0 amide bonds. The van der Waals surface area contributed by atoms with E-state index in [2.05, 4.69) is 27.3 Å². The largest absolute Gasteiger partial charge is 0.493 e. The maximum Gasteiger partial charge on any atom is 0.151 e. The first-order valence-electron chi connectivity index (χ1n) is 6.79. The van der Waals surface area contributed by atoms with Crippen LogP contribution in [0.25, 0.3) is 0 Å². The van der Waals surface area contributed by atoms with Gasteiger partial charge in [-0.05, 0) is 24.6 Å². The van der Waals surface area contributed by atoms with Crippen molar-refractivity contribution >= 4 is 25.8 Å². The maximum atomic E-state index is 11.6. The lowest BCUT2D eigenvalue weighted by molar-refractivity contribution is 0.352. The van der Waals surface area contributed by atoms with Crippen LogP contribution in [-0.4, -0.2) is 32.6 Å². The first kappa shape index (κ1) is 15.8. The summed E-state index contributed by atoms with van der Waals surface area (Å²) in [6.45, 7) is 4.91. The minimum Gasteiger partial charge on any atom is -0.493 e. The lowest BCUT2D eigenvalue weighted by atomic mass is 10.1. The van der Waals surface area contributed by atoms with Gasteiger partial charge in [-0.25, -0.2) is 8.42 Å². The standard InChI is InChI=1S/C14H20BrNO3S/c1-3-20(17,18)9-10(2)16-8-12-7-13(15)6-11-4-5-19-14(11)12/h6-7,10,16H,3-5,8-9H2,1-2H3. The summed E-state index contributed by atoms with van der Waals surface area (Å²) >= 11 is 3.50. The average molecular weight is 362 g/mol. The molecule has 0 saturated carbocycles. The molecular weight excluding hydrogens is 342 g/mol. The fourth-order valence-corrected chi connectivity index (χ4v) is 3.99. The van der Waals surface area contributed by atoms with Crippen molar-refractivity contribution in [3.63, 3.8) is 0 Å². The van der Waals surface area contributed by atoms with Crippen LogP contribution in [0.5, 0.6) is 5.75 Å². The Morgan fingerprint density at radius 1 is 1.45 bits per heavy atom. The molecule has 1 aliphatic heterocycles. The van der Waals surface area contributed by atoms with Crippen LogP contribution in [0, 0.1) is 0 Å². The smallest absolute Gasteiger partial charge is 0.151 e. The van der Waals surface area contributed by atoms with Gasteiger partial charge in [0.25, 0.3) is 0 Å². The summed E-state index contributed by atoms with van der Waals surface area (Å²) in [5.41, 5.74) is 2.29. The molecule has 0 bridgehead atoms. The first-order chi connectivity index (χ1) is 9.41. The van der Waals surface area contributed by atoms with Crippen LogP contribution in [0.2, 0.25) is 0 Å². The number of hydrogen-bond donors (Lipinski definition) is 1. The van der Waals surface area contributed by atoms with Crippen LogP contribution in [-0.2, 0) is 22.8 Å². The minimum atomic E-state index is -2.95. The third-order valence-corrected chi connectivity index (χ3v) is 5.76. The van der Waals surface area contributed by atoms with Gasteiger partial charge in [0.05, 0.1) is 12.4 Å². The third kappa shape index (κ3) is 3.96. The Morgan fingerprint density at radius 3 is 2.90 bits per heavy atom. The monoisotopic (exact) mass is 361 g/mol. The molecule has 0 radical (unpaired) electrons. The summed E-state index contributed by atoms with van der Waals surface area (Å²) in [6, 6.07) is 4.03. The molecule has 0 fully saturated rings. The van der Waals surface area contributed by atoms with E-state index in [-0.39, 0.29) is 17.5 Å². The highest BCUT2D eigenvalue weighted by atomic mass is 79.9. The Balaban J connectivity index is 2.01. The van der Waals surface area contributed by atoms with Gasteiger partial charge in [0.2, 0.25) is 0 Å². The molecule has 0 saturated heterocycles. The van der Waals surface area contributed by atoms with Crippen LogP contribution in [0.15, 0.2) is 16.6 Å². The molecule has 20 heavy (non-hydrogen) atoms. The zero-order valence-electron chi connectivity index (χ0n) is 11.8. The fraction of sp³-hybridized carbons (Fsp3) is 0.571. The van der Waals surface area contributed by atoms with Gasteiger partial charge in [-0.2, -0.15) is 0 Å². The molecule has 4 nitrogen and oxygen atoms in total. The quantitative estimate of drug-likeness (QED) is 0.844. The molecule has 1 aromatic rings. The van der Waals surface area contributed by atoms with Crippen LogP contribution < -0.4 is 10.1 Å². The van der Waals surface area contributed by atoms with E-state index in [9.17, 15) is 8.42 Å². The number of sulfone groups is 1. The Kier molecular flexibility index (Phi) is 5.09. The molecule has 0 spiro atoms. The summed E-state index contributed by atoms with van der Waals surface area (Å²) in [6.07, 6.45) is 0.932. The van der Waals surface area contributed by atoms with Gasteiger partial charge in [0, 0.05) is 34.8 Å². The van der Waals surface area contributed by atoms with Crippen LogP contribution in [0.3, 0.4) is 0 Å². The average Bonchev–Trinajstić information content (AvgIpc) is 2.83. The van der Waals surface area contributed by atoms with Crippen molar-refractivity contribution in [2.45, 2.75) is 32.9 Å².